The topological polar surface area (TPSA) is 87.7 Å². The first-order valence-corrected chi connectivity index (χ1v) is 13.9. The van der Waals surface area contributed by atoms with Crippen molar-refractivity contribution in [3.05, 3.63) is 52.8 Å². The maximum Gasteiger partial charge on any atom is 0.410 e. The predicted octanol–water partition coefficient (Wildman–Crippen LogP) is 6.56. The van der Waals surface area contributed by atoms with Gasteiger partial charge in [0.25, 0.3) is 0 Å². The second-order valence-corrected chi connectivity index (χ2v) is 12.1. The first-order chi connectivity index (χ1) is 18.1. The molecule has 8 nitrogen and oxygen atoms in total. The molecule has 9 heteroatoms. The van der Waals surface area contributed by atoms with E-state index in [-0.39, 0.29) is 23.8 Å². The average Bonchev–Trinajstić information content (AvgIpc) is 3.73. The summed E-state index contributed by atoms with van der Waals surface area (Å²) >= 11 is 3.56. The van der Waals surface area contributed by atoms with Gasteiger partial charge in [0, 0.05) is 42.1 Å². The number of benzene rings is 1. The minimum atomic E-state index is -0.524. The number of anilines is 3. The molecule has 3 aromatic rings. The number of aromatic nitrogens is 2. The number of rotatable bonds is 6. The number of fused-ring (bicyclic) bond motifs is 1. The third kappa shape index (κ3) is 5.93. The van der Waals surface area contributed by atoms with Crippen LogP contribution in [-0.2, 0) is 4.74 Å². The third-order valence-electron chi connectivity index (χ3n) is 7.01. The molecule has 2 fully saturated rings. The lowest BCUT2D eigenvalue weighted by molar-refractivity contribution is 0.0209. The Morgan fingerprint density at radius 2 is 1.89 bits per heavy atom. The molecule has 1 amide bonds. The lowest BCUT2D eigenvalue weighted by Gasteiger charge is -2.38. The van der Waals surface area contributed by atoms with Crippen LogP contribution in [-0.4, -0.2) is 58.5 Å². The number of likely N-dealkylation sites (N-methyl/N-ethyl adjacent to an activating group) is 1. The number of carbonyl (C=O) groups is 2. The van der Waals surface area contributed by atoms with Gasteiger partial charge in [-0.15, -0.1) is 0 Å². The molecule has 3 heterocycles. The monoisotopic (exact) mass is 579 g/mol. The van der Waals surface area contributed by atoms with Gasteiger partial charge in [-0.05, 0) is 76.8 Å². The summed E-state index contributed by atoms with van der Waals surface area (Å²) in [5.74, 6) is 1.09. The van der Waals surface area contributed by atoms with Gasteiger partial charge in [0.05, 0.1) is 34.7 Å². The maximum atomic E-state index is 13.1. The largest absolute Gasteiger partial charge is 0.444 e. The van der Waals surface area contributed by atoms with E-state index < -0.39 is 5.60 Å². The molecule has 2 aromatic heterocycles. The third-order valence-corrected chi connectivity index (χ3v) is 7.50. The Balaban J connectivity index is 1.34. The van der Waals surface area contributed by atoms with Gasteiger partial charge < -0.3 is 19.9 Å². The molecular weight excluding hydrogens is 546 g/mol. The van der Waals surface area contributed by atoms with E-state index in [2.05, 4.69) is 31.1 Å². The smallest absolute Gasteiger partial charge is 0.410 e. The van der Waals surface area contributed by atoms with Gasteiger partial charge in [0.1, 0.15) is 11.4 Å². The molecule has 200 valence electrons. The highest BCUT2D eigenvalue weighted by atomic mass is 79.9. The van der Waals surface area contributed by atoms with Crippen molar-refractivity contribution in [3.63, 3.8) is 0 Å². The standard InChI is InChI=1S/C29H34BrN5O3/c1-29(2,3)38-28(37)34(4)21-6-5-13-35(17-21)25-12-10-20(15-32-25)33-26-22-14-19(30)9-11-24(22)31-16-23(26)27(36)18-7-8-18/h9-12,14-16,18,21H,5-8,13,17H2,1-4H3,(H,31,33). The number of piperidine rings is 1. The lowest BCUT2D eigenvalue weighted by Crippen LogP contribution is -2.50. The Morgan fingerprint density at radius 3 is 2.58 bits per heavy atom. The van der Waals surface area contributed by atoms with E-state index in [1.807, 2.05) is 51.1 Å². The molecule has 1 atom stereocenters. The molecule has 0 radical (unpaired) electrons. The Morgan fingerprint density at radius 1 is 1.11 bits per heavy atom. The molecule has 38 heavy (non-hydrogen) atoms. The van der Waals surface area contributed by atoms with Crippen LogP contribution in [0.5, 0.6) is 0 Å². The molecule has 0 bridgehead atoms. The van der Waals surface area contributed by atoms with E-state index in [0.717, 1.165) is 64.8 Å². The highest BCUT2D eigenvalue weighted by Gasteiger charge is 2.33. The van der Waals surface area contributed by atoms with Crippen LogP contribution in [0.15, 0.2) is 47.2 Å². The molecule has 5 rings (SSSR count). The number of nitrogens with one attached hydrogen (secondary N) is 1. The zero-order valence-corrected chi connectivity index (χ0v) is 23.9. The van der Waals surface area contributed by atoms with Gasteiger partial charge in [-0.25, -0.2) is 9.78 Å². The number of nitrogens with zero attached hydrogens (tertiary/aromatic N) is 4. The fourth-order valence-electron chi connectivity index (χ4n) is 4.81. The number of pyridine rings is 2. The van der Waals surface area contributed by atoms with Crippen LogP contribution in [0, 0.1) is 5.92 Å². The van der Waals surface area contributed by atoms with Crippen molar-refractivity contribution in [1.29, 1.82) is 0 Å². The average molecular weight is 581 g/mol. The number of carbonyl (C=O) groups excluding carboxylic acids is 2. The zero-order valence-electron chi connectivity index (χ0n) is 22.3. The molecule has 1 saturated heterocycles. The molecule has 1 saturated carbocycles. The van der Waals surface area contributed by atoms with Crippen LogP contribution in [0.25, 0.3) is 10.9 Å². The molecule has 0 spiro atoms. The number of Topliss-reactive ketones (excluding diaryl/α,β-unsaturated/α-hetero) is 1. The molecule has 2 aliphatic rings. The van der Waals surface area contributed by atoms with Gasteiger partial charge in [-0.3, -0.25) is 9.78 Å². The van der Waals surface area contributed by atoms with E-state index in [9.17, 15) is 9.59 Å². The number of ketones is 1. The van der Waals surface area contributed by atoms with E-state index in [1.165, 1.54) is 0 Å². The molecule has 1 aromatic carbocycles. The van der Waals surface area contributed by atoms with Crippen LogP contribution in [0.1, 0.15) is 56.8 Å². The van der Waals surface area contributed by atoms with Gasteiger partial charge in [0.15, 0.2) is 5.78 Å². The van der Waals surface area contributed by atoms with Crippen molar-refractivity contribution in [3.8, 4) is 0 Å². The molecule has 1 N–H and O–H groups in total. The fourth-order valence-corrected chi connectivity index (χ4v) is 5.17. The quantitative estimate of drug-likeness (QED) is 0.330. The second kappa shape index (κ2) is 10.5. The number of amides is 1. The van der Waals surface area contributed by atoms with Crippen LogP contribution in [0.4, 0.5) is 22.0 Å². The zero-order chi connectivity index (χ0) is 27.0. The summed E-state index contributed by atoms with van der Waals surface area (Å²) in [4.78, 5) is 38.8. The SMILES string of the molecule is CN(C(=O)OC(C)(C)C)C1CCCN(c2ccc(Nc3c(C(=O)C4CC4)cnc4ccc(Br)cc34)cn2)C1. The number of hydrogen-bond acceptors (Lipinski definition) is 7. The first-order valence-electron chi connectivity index (χ1n) is 13.2. The maximum absolute atomic E-state index is 13.1. The Bertz CT molecular complexity index is 1350. The van der Waals surface area contributed by atoms with Crippen LogP contribution in [0.2, 0.25) is 0 Å². The van der Waals surface area contributed by atoms with E-state index >= 15 is 0 Å². The molecular formula is C29H34BrN5O3. The van der Waals surface area contributed by atoms with Crippen molar-refractivity contribution in [2.24, 2.45) is 5.92 Å². The fraction of sp³-hybridized carbons (Fsp3) is 0.448. The van der Waals surface area contributed by atoms with Gasteiger partial charge in [-0.1, -0.05) is 15.9 Å². The van der Waals surface area contributed by atoms with Crippen molar-refractivity contribution in [2.75, 3.05) is 30.4 Å². The minimum absolute atomic E-state index is 0.0517. The van der Waals surface area contributed by atoms with Gasteiger partial charge in [-0.2, -0.15) is 0 Å². The Hall–Kier alpha value is -3.20. The van der Waals surface area contributed by atoms with Crippen LogP contribution < -0.4 is 10.2 Å². The highest BCUT2D eigenvalue weighted by Crippen LogP contribution is 2.38. The van der Waals surface area contributed by atoms with E-state index in [1.54, 1.807) is 24.3 Å². The normalized spacial score (nSPS) is 17.8. The second-order valence-electron chi connectivity index (χ2n) is 11.2. The summed E-state index contributed by atoms with van der Waals surface area (Å²) in [6.07, 6.45) is 6.95. The Labute approximate surface area is 231 Å². The summed E-state index contributed by atoms with van der Waals surface area (Å²) in [6, 6.07) is 9.91. The van der Waals surface area contributed by atoms with Gasteiger partial charge in [0.2, 0.25) is 0 Å². The summed E-state index contributed by atoms with van der Waals surface area (Å²) in [6.45, 7) is 7.21. The van der Waals surface area contributed by atoms with E-state index in [4.69, 9.17) is 9.72 Å². The summed E-state index contributed by atoms with van der Waals surface area (Å²) in [5.41, 5.74) is 2.47. The summed E-state index contributed by atoms with van der Waals surface area (Å²) < 4.78 is 6.49. The van der Waals surface area contributed by atoms with Crippen molar-refractivity contribution >= 4 is 55.9 Å². The minimum Gasteiger partial charge on any atom is -0.444 e. The van der Waals surface area contributed by atoms with Crippen molar-refractivity contribution in [1.82, 2.24) is 14.9 Å². The van der Waals surface area contributed by atoms with Gasteiger partial charge >= 0.3 is 6.09 Å². The van der Waals surface area contributed by atoms with Crippen LogP contribution >= 0.6 is 15.9 Å². The van der Waals surface area contributed by atoms with Crippen molar-refractivity contribution in [2.45, 2.75) is 58.1 Å². The highest BCUT2D eigenvalue weighted by molar-refractivity contribution is 9.10. The molecule has 1 aliphatic heterocycles. The van der Waals surface area contributed by atoms with Crippen LogP contribution in [0.3, 0.4) is 0 Å². The molecule has 1 aliphatic carbocycles. The summed E-state index contributed by atoms with van der Waals surface area (Å²) in [5, 5.41) is 4.36. The lowest BCUT2D eigenvalue weighted by atomic mass is 10.0. The molecule has 1 unspecified atom stereocenters. The Kier molecular flexibility index (Phi) is 7.31. The van der Waals surface area contributed by atoms with E-state index in [0.29, 0.717) is 12.1 Å². The van der Waals surface area contributed by atoms with Crippen molar-refractivity contribution < 1.29 is 14.3 Å². The number of hydrogen-bond donors (Lipinski definition) is 1. The summed E-state index contributed by atoms with van der Waals surface area (Å²) in [7, 11) is 1.81. The predicted molar refractivity (Wildman–Crippen MR) is 153 cm³/mol. The first kappa shape index (κ1) is 26.4. The number of halogens is 1. The number of ether oxygens (including phenoxy) is 1.